The molecule has 0 bridgehead atoms. The molecule has 7 nitrogen and oxygen atoms in total. The molecule has 4 unspecified atom stereocenters. The molecular weight excluding hydrogens is 413 g/mol. The van der Waals surface area contributed by atoms with E-state index in [9.17, 15) is 28.2 Å². The van der Waals surface area contributed by atoms with Crippen molar-refractivity contribution in [2.24, 2.45) is 11.7 Å². The molecule has 10 heteroatoms. The van der Waals surface area contributed by atoms with Gasteiger partial charge >= 0.3 is 6.18 Å². The van der Waals surface area contributed by atoms with Crippen LogP contribution in [0, 0.1) is 5.92 Å². The van der Waals surface area contributed by atoms with Crippen LogP contribution in [0.15, 0.2) is 30.5 Å². The molecule has 4 atom stereocenters. The lowest BCUT2D eigenvalue weighted by atomic mass is 9.77. The van der Waals surface area contributed by atoms with Crippen LogP contribution in [0.2, 0.25) is 0 Å². The van der Waals surface area contributed by atoms with Gasteiger partial charge in [0, 0.05) is 11.9 Å². The van der Waals surface area contributed by atoms with Crippen LogP contribution in [-0.4, -0.2) is 37.7 Å². The van der Waals surface area contributed by atoms with E-state index in [4.69, 9.17) is 5.73 Å². The van der Waals surface area contributed by atoms with Crippen LogP contribution in [0.5, 0.6) is 0 Å². The first kappa shape index (κ1) is 23.1. The van der Waals surface area contributed by atoms with Gasteiger partial charge in [0.05, 0.1) is 11.6 Å². The number of rotatable bonds is 5. The van der Waals surface area contributed by atoms with E-state index in [1.54, 1.807) is 17.8 Å². The van der Waals surface area contributed by atoms with Crippen molar-refractivity contribution in [3.63, 3.8) is 0 Å². The average molecular weight is 440 g/mol. The highest BCUT2D eigenvalue weighted by molar-refractivity contribution is 5.98. The number of nitrogens with two attached hydrogens (primary N) is 1. The summed E-state index contributed by atoms with van der Waals surface area (Å²) in [6.07, 6.45) is -1.41. The third-order valence-electron chi connectivity index (χ3n) is 6.00. The fourth-order valence-corrected chi connectivity index (χ4v) is 4.08. The summed E-state index contributed by atoms with van der Waals surface area (Å²) in [5, 5.41) is 27.4. The zero-order valence-corrected chi connectivity index (χ0v) is 17.6. The Morgan fingerprint density at radius 3 is 2.45 bits per heavy atom. The van der Waals surface area contributed by atoms with Gasteiger partial charge in [-0.2, -0.15) is 18.3 Å². The SMILES string of the molecule is CC1CC(C)(O)CCC1n1cc(C(N)=O)c(Nc2ccc(C(C)(O)C(F)(F)F)cc2)n1. The first-order valence-corrected chi connectivity index (χ1v) is 9.99. The van der Waals surface area contributed by atoms with Crippen LogP contribution < -0.4 is 11.1 Å². The second kappa shape index (κ2) is 7.83. The molecule has 0 radical (unpaired) electrons. The highest BCUT2D eigenvalue weighted by Gasteiger charge is 2.51. The summed E-state index contributed by atoms with van der Waals surface area (Å²) in [4.78, 5) is 11.9. The van der Waals surface area contributed by atoms with E-state index in [2.05, 4.69) is 10.4 Å². The quantitative estimate of drug-likeness (QED) is 0.567. The molecule has 1 aromatic heterocycles. The maximum Gasteiger partial charge on any atom is 0.421 e. The van der Waals surface area contributed by atoms with Gasteiger partial charge in [0.2, 0.25) is 0 Å². The topological polar surface area (TPSA) is 113 Å². The summed E-state index contributed by atoms with van der Waals surface area (Å²) >= 11 is 0. The number of aliphatic hydroxyl groups is 2. The second-order valence-electron chi connectivity index (χ2n) is 8.79. The van der Waals surface area contributed by atoms with Crippen molar-refractivity contribution in [2.45, 2.75) is 63.5 Å². The lowest BCUT2D eigenvalue weighted by Gasteiger charge is -2.38. The van der Waals surface area contributed by atoms with Gasteiger partial charge in [-0.3, -0.25) is 9.48 Å². The van der Waals surface area contributed by atoms with Crippen molar-refractivity contribution < 1.29 is 28.2 Å². The van der Waals surface area contributed by atoms with E-state index >= 15 is 0 Å². The molecule has 170 valence electrons. The number of carbonyl (C=O) groups is 1. The number of aromatic nitrogens is 2. The van der Waals surface area contributed by atoms with E-state index in [1.165, 1.54) is 12.1 Å². The summed E-state index contributed by atoms with van der Waals surface area (Å²) in [7, 11) is 0. The Kier molecular flexibility index (Phi) is 5.83. The number of alkyl halides is 3. The molecule has 31 heavy (non-hydrogen) atoms. The molecule has 1 heterocycles. The molecule has 0 spiro atoms. The Balaban J connectivity index is 1.84. The van der Waals surface area contributed by atoms with Gasteiger partial charge in [0.25, 0.3) is 5.91 Å². The summed E-state index contributed by atoms with van der Waals surface area (Å²) < 4.78 is 40.7. The monoisotopic (exact) mass is 440 g/mol. The van der Waals surface area contributed by atoms with E-state index in [-0.39, 0.29) is 28.9 Å². The summed E-state index contributed by atoms with van der Waals surface area (Å²) in [5.41, 5.74) is 1.99. The predicted molar refractivity (Wildman–Crippen MR) is 109 cm³/mol. The maximum atomic E-state index is 13.0. The summed E-state index contributed by atoms with van der Waals surface area (Å²) in [6.45, 7) is 4.48. The number of anilines is 2. The first-order valence-electron chi connectivity index (χ1n) is 9.99. The number of hydrogen-bond donors (Lipinski definition) is 4. The van der Waals surface area contributed by atoms with Crippen LogP contribution in [0.4, 0.5) is 24.7 Å². The number of nitrogens with zero attached hydrogens (tertiary/aromatic N) is 2. The largest absolute Gasteiger partial charge is 0.421 e. The molecule has 1 amide bonds. The van der Waals surface area contributed by atoms with Crippen molar-refractivity contribution in [2.75, 3.05) is 5.32 Å². The van der Waals surface area contributed by atoms with E-state index in [0.29, 0.717) is 31.9 Å². The minimum absolute atomic E-state index is 0.0295. The van der Waals surface area contributed by atoms with Gasteiger partial charge in [0.15, 0.2) is 11.4 Å². The predicted octanol–water partition coefficient (Wildman–Crippen LogP) is 3.61. The molecule has 3 rings (SSSR count). The molecule has 1 aliphatic rings. The number of nitrogens with one attached hydrogen (secondary N) is 1. The van der Waals surface area contributed by atoms with Crippen LogP contribution in [0.1, 0.15) is 62.0 Å². The first-order chi connectivity index (χ1) is 14.2. The zero-order valence-electron chi connectivity index (χ0n) is 17.6. The van der Waals surface area contributed by atoms with Gasteiger partial charge in [-0.15, -0.1) is 0 Å². The number of primary amides is 1. The average Bonchev–Trinajstić information content (AvgIpc) is 3.04. The third kappa shape index (κ3) is 4.69. The van der Waals surface area contributed by atoms with Crippen LogP contribution in [0.3, 0.4) is 0 Å². The summed E-state index contributed by atoms with van der Waals surface area (Å²) in [6, 6.07) is 5.00. The zero-order chi connectivity index (χ0) is 23.2. The Labute approximate surface area is 178 Å². The maximum absolute atomic E-state index is 13.0. The normalized spacial score (nSPS) is 26.3. The van der Waals surface area contributed by atoms with Crippen molar-refractivity contribution >= 4 is 17.4 Å². The third-order valence-corrected chi connectivity index (χ3v) is 6.00. The Morgan fingerprint density at radius 2 is 1.94 bits per heavy atom. The molecule has 1 saturated carbocycles. The molecule has 2 aromatic rings. The Morgan fingerprint density at radius 1 is 1.32 bits per heavy atom. The van der Waals surface area contributed by atoms with Crippen molar-refractivity contribution in [3.8, 4) is 0 Å². The fraction of sp³-hybridized carbons (Fsp3) is 0.524. The second-order valence-corrected chi connectivity index (χ2v) is 8.79. The molecule has 1 fully saturated rings. The van der Waals surface area contributed by atoms with E-state index in [1.807, 2.05) is 6.92 Å². The molecule has 0 aliphatic heterocycles. The molecule has 5 N–H and O–H groups in total. The highest BCUT2D eigenvalue weighted by atomic mass is 19.4. The summed E-state index contributed by atoms with van der Waals surface area (Å²) in [5.74, 6) is -0.394. The molecule has 0 saturated heterocycles. The standard InChI is InChI=1S/C21H27F3N4O3/c1-12-10-19(2,30)9-8-16(12)28-11-15(17(25)29)18(27-28)26-14-6-4-13(5-7-14)20(3,31)21(22,23)24/h4-7,11-12,16,30-31H,8-10H2,1-3H3,(H2,25,29)(H,26,27). The molecular formula is C21H27F3N4O3. The van der Waals surface area contributed by atoms with Gasteiger partial charge < -0.3 is 21.3 Å². The number of halogens is 3. The Bertz CT molecular complexity index is 952. The number of amides is 1. The van der Waals surface area contributed by atoms with Gasteiger partial charge in [-0.05, 0) is 56.7 Å². The lowest BCUT2D eigenvalue weighted by molar-refractivity contribution is -0.258. The van der Waals surface area contributed by atoms with Crippen LogP contribution in [0.25, 0.3) is 0 Å². The molecule has 1 aliphatic carbocycles. The van der Waals surface area contributed by atoms with Gasteiger partial charge in [0.1, 0.15) is 5.56 Å². The number of carbonyl (C=O) groups excluding carboxylic acids is 1. The fourth-order valence-electron chi connectivity index (χ4n) is 4.08. The van der Waals surface area contributed by atoms with Crippen LogP contribution >= 0.6 is 0 Å². The molecule has 1 aromatic carbocycles. The highest BCUT2D eigenvalue weighted by Crippen LogP contribution is 2.40. The van der Waals surface area contributed by atoms with E-state index in [0.717, 1.165) is 12.1 Å². The van der Waals surface area contributed by atoms with Crippen LogP contribution in [-0.2, 0) is 5.60 Å². The van der Waals surface area contributed by atoms with Crippen molar-refractivity contribution in [1.29, 1.82) is 0 Å². The number of hydrogen-bond acceptors (Lipinski definition) is 5. The van der Waals surface area contributed by atoms with Gasteiger partial charge in [-0.25, -0.2) is 0 Å². The Hall–Kier alpha value is -2.59. The van der Waals surface area contributed by atoms with Crippen molar-refractivity contribution in [3.05, 3.63) is 41.6 Å². The minimum Gasteiger partial charge on any atom is -0.390 e. The van der Waals surface area contributed by atoms with Gasteiger partial charge in [-0.1, -0.05) is 19.1 Å². The smallest absolute Gasteiger partial charge is 0.390 e. The van der Waals surface area contributed by atoms with Crippen molar-refractivity contribution in [1.82, 2.24) is 9.78 Å². The minimum atomic E-state index is -4.82. The van der Waals surface area contributed by atoms with E-state index < -0.39 is 23.3 Å². The number of benzene rings is 1. The lowest BCUT2D eigenvalue weighted by Crippen LogP contribution is -2.39.